The normalized spacial score (nSPS) is 16.9. The maximum absolute atomic E-state index is 13.9. The van der Waals surface area contributed by atoms with Crippen LogP contribution in [0, 0.1) is 12.7 Å². The topological polar surface area (TPSA) is 35.5 Å². The Kier molecular flexibility index (Phi) is 4.32. The van der Waals surface area contributed by atoms with Gasteiger partial charge in [0.15, 0.2) is 0 Å². The van der Waals surface area contributed by atoms with Gasteiger partial charge in [0.1, 0.15) is 5.82 Å². The molecule has 0 aliphatic carbocycles. The fraction of sp³-hybridized carbons (Fsp3) is 0.400. The zero-order valence-electron chi connectivity index (χ0n) is 11.2. The Labute approximate surface area is 112 Å². The number of aryl methyl sites for hydroxylation is 1. The lowest BCUT2D eigenvalue weighted by Gasteiger charge is -2.12. The number of carbonyl (C=O) groups excluding carboxylic acids is 1. The summed E-state index contributed by atoms with van der Waals surface area (Å²) in [4.78, 5) is 11.6. The average Bonchev–Trinajstić information content (AvgIpc) is 2.58. The second-order valence-corrected chi connectivity index (χ2v) is 4.44. The van der Waals surface area contributed by atoms with Crippen LogP contribution < -0.4 is 0 Å². The van der Waals surface area contributed by atoms with Gasteiger partial charge in [0.2, 0.25) is 0 Å². The molecular formula is C15H17FO3. The molecule has 1 heterocycles. The third kappa shape index (κ3) is 3.01. The second-order valence-electron chi connectivity index (χ2n) is 4.44. The molecule has 0 atom stereocenters. The van der Waals surface area contributed by atoms with Gasteiger partial charge in [-0.15, -0.1) is 0 Å². The highest BCUT2D eigenvalue weighted by Crippen LogP contribution is 2.29. The summed E-state index contributed by atoms with van der Waals surface area (Å²) < 4.78 is 24.2. The van der Waals surface area contributed by atoms with E-state index >= 15 is 0 Å². The van der Waals surface area contributed by atoms with Crippen molar-refractivity contribution in [3.63, 3.8) is 0 Å². The van der Waals surface area contributed by atoms with Crippen LogP contribution >= 0.6 is 0 Å². The van der Waals surface area contributed by atoms with Crippen molar-refractivity contribution in [1.29, 1.82) is 0 Å². The molecule has 3 nitrogen and oxygen atoms in total. The molecule has 1 aromatic carbocycles. The van der Waals surface area contributed by atoms with E-state index in [-0.39, 0.29) is 5.82 Å². The van der Waals surface area contributed by atoms with E-state index in [0.29, 0.717) is 37.4 Å². The molecule has 0 fully saturated rings. The third-order valence-electron chi connectivity index (χ3n) is 3.12. The molecular weight excluding hydrogens is 247 g/mol. The van der Waals surface area contributed by atoms with Crippen LogP contribution in [-0.4, -0.2) is 25.8 Å². The molecule has 0 N–H and O–H groups in total. The quantitative estimate of drug-likeness (QED) is 0.608. The number of halogens is 1. The lowest BCUT2D eigenvalue weighted by molar-refractivity contribution is -0.137. The Hall–Kier alpha value is -1.68. The summed E-state index contributed by atoms with van der Waals surface area (Å²) in [7, 11) is 0. The summed E-state index contributed by atoms with van der Waals surface area (Å²) in [6, 6.07) is 3.18. The zero-order valence-corrected chi connectivity index (χ0v) is 11.2. The van der Waals surface area contributed by atoms with Crippen molar-refractivity contribution in [2.45, 2.75) is 20.3 Å². The van der Waals surface area contributed by atoms with Gasteiger partial charge >= 0.3 is 5.97 Å². The van der Waals surface area contributed by atoms with Gasteiger partial charge in [-0.1, -0.05) is 6.07 Å². The number of esters is 1. The maximum atomic E-state index is 13.9. The van der Waals surface area contributed by atoms with E-state index in [9.17, 15) is 9.18 Å². The molecule has 1 aliphatic rings. The summed E-state index contributed by atoms with van der Waals surface area (Å²) >= 11 is 0. The Bertz CT molecular complexity index is 520. The first-order chi connectivity index (χ1) is 9.13. The van der Waals surface area contributed by atoms with Crippen LogP contribution in [0.2, 0.25) is 0 Å². The van der Waals surface area contributed by atoms with E-state index < -0.39 is 5.97 Å². The lowest BCUT2D eigenvalue weighted by Crippen LogP contribution is -2.05. The Morgan fingerprint density at radius 1 is 1.53 bits per heavy atom. The minimum Gasteiger partial charge on any atom is -0.463 e. The summed E-state index contributed by atoms with van der Waals surface area (Å²) in [5.41, 5.74) is 3.03. The molecule has 0 radical (unpaired) electrons. The highest BCUT2D eigenvalue weighted by Gasteiger charge is 2.19. The number of hydrogen-bond donors (Lipinski definition) is 0. The summed E-state index contributed by atoms with van der Waals surface area (Å²) in [6.07, 6.45) is 1.92. The molecule has 2 rings (SSSR count). The first-order valence-electron chi connectivity index (χ1n) is 6.37. The van der Waals surface area contributed by atoms with Gasteiger partial charge in [-0.05, 0) is 48.6 Å². The van der Waals surface area contributed by atoms with Crippen molar-refractivity contribution < 1.29 is 18.7 Å². The van der Waals surface area contributed by atoms with Gasteiger partial charge in [-0.3, -0.25) is 0 Å². The van der Waals surface area contributed by atoms with Crippen LogP contribution in [0.5, 0.6) is 0 Å². The Morgan fingerprint density at radius 3 is 3.05 bits per heavy atom. The first kappa shape index (κ1) is 13.7. The van der Waals surface area contributed by atoms with E-state index in [2.05, 4.69) is 0 Å². The number of fused-ring (bicyclic) bond motifs is 1. The van der Waals surface area contributed by atoms with Crippen molar-refractivity contribution in [3.8, 4) is 0 Å². The summed E-state index contributed by atoms with van der Waals surface area (Å²) in [5.74, 6) is -0.668. The average molecular weight is 264 g/mol. The van der Waals surface area contributed by atoms with E-state index in [1.165, 1.54) is 12.1 Å². The van der Waals surface area contributed by atoms with Gasteiger partial charge in [0.25, 0.3) is 0 Å². The number of rotatable bonds is 2. The van der Waals surface area contributed by atoms with Crippen molar-refractivity contribution >= 4 is 11.5 Å². The Morgan fingerprint density at radius 2 is 2.32 bits per heavy atom. The monoisotopic (exact) mass is 264 g/mol. The predicted molar refractivity (Wildman–Crippen MR) is 70.3 cm³/mol. The van der Waals surface area contributed by atoms with E-state index in [1.54, 1.807) is 13.0 Å². The van der Waals surface area contributed by atoms with Crippen LogP contribution in [0.3, 0.4) is 0 Å². The molecule has 0 saturated carbocycles. The van der Waals surface area contributed by atoms with Crippen molar-refractivity contribution in [2.75, 3.05) is 19.8 Å². The standard InChI is InChI=1S/C15H17FO3/c1-3-19-14(17)8-11-9-18-7-6-12-13(16)5-4-10(2)15(11)12/h4-5,8H,3,6-7,9H2,1-2H3/b11-8+. The van der Waals surface area contributed by atoms with Crippen molar-refractivity contribution in [1.82, 2.24) is 0 Å². The van der Waals surface area contributed by atoms with Crippen molar-refractivity contribution in [3.05, 3.63) is 40.7 Å². The number of carbonyl (C=O) groups is 1. The highest BCUT2D eigenvalue weighted by atomic mass is 19.1. The largest absolute Gasteiger partial charge is 0.463 e. The van der Waals surface area contributed by atoms with E-state index in [4.69, 9.17) is 9.47 Å². The van der Waals surface area contributed by atoms with Crippen LogP contribution in [0.1, 0.15) is 23.6 Å². The molecule has 4 heteroatoms. The summed E-state index contributed by atoms with van der Waals surface area (Å²) in [5, 5.41) is 0. The number of benzene rings is 1. The molecule has 0 bridgehead atoms. The van der Waals surface area contributed by atoms with Gasteiger partial charge < -0.3 is 9.47 Å². The van der Waals surface area contributed by atoms with Gasteiger partial charge in [0.05, 0.1) is 19.8 Å². The van der Waals surface area contributed by atoms with Gasteiger partial charge in [-0.25, -0.2) is 9.18 Å². The minimum atomic E-state index is -0.419. The molecule has 0 saturated heterocycles. The lowest BCUT2D eigenvalue weighted by atomic mass is 9.93. The van der Waals surface area contributed by atoms with Crippen LogP contribution in [0.4, 0.5) is 4.39 Å². The molecule has 1 aromatic rings. The molecule has 1 aliphatic heterocycles. The third-order valence-corrected chi connectivity index (χ3v) is 3.12. The second kappa shape index (κ2) is 5.97. The highest BCUT2D eigenvalue weighted by molar-refractivity contribution is 5.92. The molecule has 0 spiro atoms. The Balaban J connectivity index is 2.48. The summed E-state index contributed by atoms with van der Waals surface area (Å²) in [6.45, 7) is 4.73. The van der Waals surface area contributed by atoms with E-state index in [0.717, 1.165) is 11.1 Å². The van der Waals surface area contributed by atoms with Crippen molar-refractivity contribution in [2.24, 2.45) is 0 Å². The fourth-order valence-corrected chi connectivity index (χ4v) is 2.30. The first-order valence-corrected chi connectivity index (χ1v) is 6.37. The molecule has 0 unspecified atom stereocenters. The smallest absolute Gasteiger partial charge is 0.331 e. The number of hydrogen-bond acceptors (Lipinski definition) is 3. The van der Waals surface area contributed by atoms with Crippen LogP contribution in [0.15, 0.2) is 18.2 Å². The molecule has 0 amide bonds. The minimum absolute atomic E-state index is 0.249. The van der Waals surface area contributed by atoms with Gasteiger partial charge in [-0.2, -0.15) is 0 Å². The zero-order chi connectivity index (χ0) is 13.8. The predicted octanol–water partition coefficient (Wildman–Crippen LogP) is 2.65. The maximum Gasteiger partial charge on any atom is 0.331 e. The van der Waals surface area contributed by atoms with E-state index in [1.807, 2.05) is 6.92 Å². The van der Waals surface area contributed by atoms with Crippen LogP contribution in [0.25, 0.3) is 5.57 Å². The number of ether oxygens (including phenoxy) is 2. The fourth-order valence-electron chi connectivity index (χ4n) is 2.30. The molecule has 0 aromatic heterocycles. The molecule has 102 valence electrons. The SMILES string of the molecule is CCOC(=O)/C=C1\COCCc2c(F)ccc(C)c21. The van der Waals surface area contributed by atoms with Crippen LogP contribution in [-0.2, 0) is 20.7 Å². The van der Waals surface area contributed by atoms with Gasteiger partial charge in [0, 0.05) is 6.08 Å². The molecule has 19 heavy (non-hydrogen) atoms.